The second-order valence-electron chi connectivity index (χ2n) is 10.2. The van der Waals surface area contributed by atoms with Gasteiger partial charge in [-0.3, -0.25) is 0 Å². The zero-order chi connectivity index (χ0) is 25.9. The van der Waals surface area contributed by atoms with E-state index in [0.717, 1.165) is 22.2 Å². The molecule has 0 amide bonds. The Labute approximate surface area is 217 Å². The SMILES string of the molecule is COc1ccc(Cn2nnnc2C(COc2ccc3nc(Cl)ccc3c2)O[Si](C)(C)C(C)(C)C)cc1. The van der Waals surface area contributed by atoms with E-state index in [2.05, 4.69) is 54.4 Å². The summed E-state index contributed by atoms with van der Waals surface area (Å²) in [6.07, 6.45) is -0.446. The van der Waals surface area contributed by atoms with Gasteiger partial charge >= 0.3 is 0 Å². The summed E-state index contributed by atoms with van der Waals surface area (Å²) >= 11 is 6.02. The van der Waals surface area contributed by atoms with Crippen molar-refractivity contribution in [3.8, 4) is 11.5 Å². The Morgan fingerprint density at radius 2 is 1.72 bits per heavy atom. The van der Waals surface area contributed by atoms with Crippen molar-refractivity contribution < 1.29 is 13.9 Å². The second-order valence-corrected chi connectivity index (χ2v) is 15.4. The van der Waals surface area contributed by atoms with Gasteiger partial charge in [0, 0.05) is 5.39 Å². The molecule has 1 unspecified atom stereocenters. The van der Waals surface area contributed by atoms with Crippen LogP contribution in [0.2, 0.25) is 23.3 Å². The number of tetrazole rings is 1. The third kappa shape index (κ3) is 6.03. The summed E-state index contributed by atoms with van der Waals surface area (Å²) in [6, 6.07) is 17.3. The Kier molecular flexibility index (Phi) is 7.63. The zero-order valence-corrected chi connectivity index (χ0v) is 23.3. The first kappa shape index (κ1) is 26.1. The van der Waals surface area contributed by atoms with E-state index in [1.165, 1.54) is 0 Å². The first-order valence-electron chi connectivity index (χ1n) is 11.8. The molecule has 36 heavy (non-hydrogen) atoms. The normalized spacial score (nSPS) is 13.1. The molecule has 0 spiro atoms. The number of pyridine rings is 1. The molecule has 2 heterocycles. The van der Waals surface area contributed by atoms with E-state index in [4.69, 9.17) is 25.5 Å². The van der Waals surface area contributed by atoms with Crippen molar-refractivity contribution in [3.63, 3.8) is 0 Å². The lowest BCUT2D eigenvalue weighted by Gasteiger charge is -2.38. The average Bonchev–Trinajstić information content (AvgIpc) is 3.29. The fourth-order valence-corrected chi connectivity index (χ4v) is 4.89. The molecule has 0 aliphatic carbocycles. The van der Waals surface area contributed by atoms with E-state index in [1.807, 2.05) is 48.5 Å². The number of ether oxygens (including phenoxy) is 2. The molecule has 0 aliphatic heterocycles. The second kappa shape index (κ2) is 10.5. The maximum atomic E-state index is 6.79. The van der Waals surface area contributed by atoms with Gasteiger partial charge in [-0.05, 0) is 76.6 Å². The molecular weight excluding hydrogens is 494 g/mol. The number of halogens is 1. The van der Waals surface area contributed by atoms with Gasteiger partial charge in [-0.1, -0.05) is 44.5 Å². The molecule has 2 aromatic carbocycles. The van der Waals surface area contributed by atoms with Crippen molar-refractivity contribution in [2.45, 2.75) is 51.6 Å². The predicted octanol–water partition coefficient (Wildman–Crippen LogP) is 6.07. The highest BCUT2D eigenvalue weighted by Crippen LogP contribution is 2.39. The highest BCUT2D eigenvalue weighted by Gasteiger charge is 2.41. The molecule has 0 fully saturated rings. The first-order chi connectivity index (χ1) is 17.1. The maximum absolute atomic E-state index is 6.79. The molecule has 1 atom stereocenters. The molecule has 0 aliphatic rings. The van der Waals surface area contributed by atoms with Crippen LogP contribution in [0.5, 0.6) is 11.5 Å². The lowest BCUT2D eigenvalue weighted by atomic mass is 10.2. The molecule has 0 N–H and O–H groups in total. The van der Waals surface area contributed by atoms with Crippen molar-refractivity contribution in [2.75, 3.05) is 13.7 Å². The van der Waals surface area contributed by atoms with Gasteiger partial charge in [0.15, 0.2) is 14.1 Å². The molecule has 8 nitrogen and oxygen atoms in total. The molecule has 4 rings (SSSR count). The monoisotopic (exact) mass is 525 g/mol. The van der Waals surface area contributed by atoms with Gasteiger partial charge in [-0.15, -0.1) is 5.10 Å². The quantitative estimate of drug-likeness (QED) is 0.193. The molecule has 0 saturated carbocycles. The van der Waals surface area contributed by atoms with Crippen molar-refractivity contribution in [2.24, 2.45) is 0 Å². The lowest BCUT2D eigenvalue weighted by molar-refractivity contribution is 0.105. The van der Waals surface area contributed by atoms with Gasteiger partial charge in [0.25, 0.3) is 0 Å². The van der Waals surface area contributed by atoms with Gasteiger partial charge in [-0.2, -0.15) is 0 Å². The molecule has 4 aromatic rings. The first-order valence-corrected chi connectivity index (χ1v) is 15.1. The Bertz CT molecular complexity index is 1320. The smallest absolute Gasteiger partial charge is 0.193 e. The highest BCUT2D eigenvalue weighted by atomic mass is 35.5. The molecular formula is C26H32ClN5O3Si. The van der Waals surface area contributed by atoms with Gasteiger partial charge in [-0.25, -0.2) is 9.67 Å². The van der Waals surface area contributed by atoms with Crippen LogP contribution in [-0.2, 0) is 11.0 Å². The van der Waals surface area contributed by atoms with E-state index < -0.39 is 14.4 Å². The number of hydrogen-bond donors (Lipinski definition) is 0. The summed E-state index contributed by atoms with van der Waals surface area (Å²) in [4.78, 5) is 4.34. The van der Waals surface area contributed by atoms with Crippen LogP contribution in [0.3, 0.4) is 0 Å². The molecule has 0 radical (unpaired) electrons. The van der Waals surface area contributed by atoms with Gasteiger partial charge in [0.05, 0.1) is 19.2 Å². The number of benzene rings is 2. The Morgan fingerprint density at radius 1 is 1.00 bits per heavy atom. The van der Waals surface area contributed by atoms with Crippen LogP contribution in [0.1, 0.15) is 38.3 Å². The molecule has 2 aromatic heterocycles. The van der Waals surface area contributed by atoms with Crippen molar-refractivity contribution in [1.82, 2.24) is 25.2 Å². The minimum Gasteiger partial charge on any atom is -0.497 e. The minimum atomic E-state index is -2.17. The van der Waals surface area contributed by atoms with E-state index in [-0.39, 0.29) is 11.6 Å². The van der Waals surface area contributed by atoms with Crippen LogP contribution in [-0.4, -0.2) is 47.2 Å². The number of rotatable bonds is 9. The van der Waals surface area contributed by atoms with Crippen LogP contribution >= 0.6 is 11.6 Å². The molecule has 10 heteroatoms. The van der Waals surface area contributed by atoms with Crippen LogP contribution < -0.4 is 9.47 Å². The van der Waals surface area contributed by atoms with E-state index >= 15 is 0 Å². The van der Waals surface area contributed by atoms with Gasteiger partial charge < -0.3 is 13.9 Å². The van der Waals surface area contributed by atoms with Crippen LogP contribution in [0.25, 0.3) is 10.9 Å². The minimum absolute atomic E-state index is 0.00734. The summed E-state index contributed by atoms with van der Waals surface area (Å²) in [5.74, 6) is 2.14. The largest absolute Gasteiger partial charge is 0.497 e. The third-order valence-electron chi connectivity index (χ3n) is 6.61. The number of nitrogens with zero attached hydrogens (tertiary/aromatic N) is 5. The Hall–Kier alpha value is -3.01. The van der Waals surface area contributed by atoms with Crippen molar-refractivity contribution in [3.05, 3.63) is 71.1 Å². The van der Waals surface area contributed by atoms with Crippen molar-refractivity contribution in [1.29, 1.82) is 0 Å². The van der Waals surface area contributed by atoms with E-state index in [9.17, 15) is 0 Å². The molecule has 0 saturated heterocycles. The Morgan fingerprint density at radius 3 is 2.42 bits per heavy atom. The number of hydrogen-bond acceptors (Lipinski definition) is 7. The number of methoxy groups -OCH3 is 1. The topological polar surface area (TPSA) is 84.2 Å². The fourth-order valence-electron chi connectivity index (χ4n) is 3.49. The zero-order valence-electron chi connectivity index (χ0n) is 21.5. The third-order valence-corrected chi connectivity index (χ3v) is 11.3. The summed E-state index contributed by atoms with van der Waals surface area (Å²) in [7, 11) is -0.519. The summed E-state index contributed by atoms with van der Waals surface area (Å²) in [6.45, 7) is 11.8. The predicted molar refractivity (Wildman–Crippen MR) is 143 cm³/mol. The molecule has 0 bridgehead atoms. The standard InChI is InChI=1S/C26H32ClN5O3Si/c1-26(2,3)36(5,6)35-23(17-34-21-12-13-22-19(15-21)9-14-24(27)28-22)25-29-30-31-32(25)16-18-7-10-20(33-4)11-8-18/h7-15,23H,16-17H2,1-6H3. The number of aromatic nitrogens is 5. The van der Waals surface area contributed by atoms with E-state index in [1.54, 1.807) is 17.9 Å². The highest BCUT2D eigenvalue weighted by molar-refractivity contribution is 6.74. The average molecular weight is 526 g/mol. The van der Waals surface area contributed by atoms with Crippen LogP contribution in [0, 0.1) is 0 Å². The summed E-state index contributed by atoms with van der Waals surface area (Å²) < 4.78 is 20.1. The maximum Gasteiger partial charge on any atom is 0.193 e. The van der Waals surface area contributed by atoms with Crippen molar-refractivity contribution >= 4 is 30.8 Å². The molecule has 190 valence electrons. The van der Waals surface area contributed by atoms with Crippen LogP contribution in [0.15, 0.2) is 54.6 Å². The lowest BCUT2D eigenvalue weighted by Crippen LogP contribution is -2.43. The number of fused-ring (bicyclic) bond motifs is 1. The fraction of sp³-hybridized carbons (Fsp3) is 0.385. The van der Waals surface area contributed by atoms with Gasteiger partial charge in [0.1, 0.15) is 29.4 Å². The van der Waals surface area contributed by atoms with Crippen LogP contribution in [0.4, 0.5) is 0 Å². The van der Waals surface area contributed by atoms with Gasteiger partial charge in [0.2, 0.25) is 0 Å². The summed E-state index contributed by atoms with van der Waals surface area (Å²) in [5, 5.41) is 14.0. The summed E-state index contributed by atoms with van der Waals surface area (Å²) in [5.41, 5.74) is 1.87. The van der Waals surface area contributed by atoms with E-state index in [0.29, 0.717) is 23.3 Å². The Balaban J connectivity index is 1.59.